The van der Waals surface area contributed by atoms with Gasteiger partial charge in [0.05, 0.1) is 17.9 Å². The third-order valence-corrected chi connectivity index (χ3v) is 4.14. The quantitative estimate of drug-likeness (QED) is 0.601. The first-order valence-corrected chi connectivity index (χ1v) is 8.98. The molecule has 6 heteroatoms. The van der Waals surface area contributed by atoms with Crippen molar-refractivity contribution in [2.45, 2.75) is 19.9 Å². The maximum atomic E-state index is 12.4. The minimum Gasteiger partial charge on any atom is -0.354 e. The molecule has 0 saturated carbocycles. The molecule has 1 unspecified atom stereocenters. The molecule has 1 aromatic heterocycles. The predicted octanol–water partition coefficient (Wildman–Crippen LogP) is 4.27. The van der Waals surface area contributed by atoms with Crippen LogP contribution in [0.3, 0.4) is 0 Å². The van der Waals surface area contributed by atoms with Gasteiger partial charge in [-0.15, -0.1) is 0 Å². The second-order valence-electron chi connectivity index (χ2n) is 6.42. The van der Waals surface area contributed by atoms with Crippen LogP contribution in [-0.4, -0.2) is 16.8 Å². The number of carbonyl (C=O) groups excluding carboxylic acids is 2. The van der Waals surface area contributed by atoms with E-state index in [2.05, 4.69) is 20.9 Å². The highest BCUT2D eigenvalue weighted by atomic mass is 16.2. The van der Waals surface area contributed by atoms with E-state index < -0.39 is 0 Å². The first kappa shape index (κ1) is 19.1. The van der Waals surface area contributed by atoms with E-state index in [1.165, 1.54) is 6.92 Å². The number of rotatable bonds is 6. The SMILES string of the molecule is CC(=O)Nc1ccc(Nc2ccc(C(=O)NC(C)c3ccccc3)nc2)cc1. The smallest absolute Gasteiger partial charge is 0.270 e. The molecule has 6 nitrogen and oxygen atoms in total. The molecule has 2 aromatic carbocycles. The van der Waals surface area contributed by atoms with E-state index in [-0.39, 0.29) is 17.9 Å². The van der Waals surface area contributed by atoms with Gasteiger partial charge in [-0.2, -0.15) is 0 Å². The number of benzene rings is 2. The number of anilines is 3. The van der Waals surface area contributed by atoms with E-state index in [9.17, 15) is 9.59 Å². The summed E-state index contributed by atoms with van der Waals surface area (Å²) in [6.07, 6.45) is 1.61. The van der Waals surface area contributed by atoms with Gasteiger partial charge in [0.25, 0.3) is 5.91 Å². The van der Waals surface area contributed by atoms with Gasteiger partial charge in [0.1, 0.15) is 5.69 Å². The van der Waals surface area contributed by atoms with Crippen LogP contribution in [0.1, 0.15) is 35.9 Å². The van der Waals surface area contributed by atoms with Crippen LogP contribution < -0.4 is 16.0 Å². The number of amides is 2. The molecule has 0 aliphatic heterocycles. The summed E-state index contributed by atoms with van der Waals surface area (Å²) in [4.78, 5) is 27.7. The van der Waals surface area contributed by atoms with Gasteiger partial charge in [-0.25, -0.2) is 4.98 Å². The van der Waals surface area contributed by atoms with Crippen molar-refractivity contribution in [3.63, 3.8) is 0 Å². The average Bonchev–Trinajstić information content (AvgIpc) is 2.70. The Morgan fingerprint density at radius 2 is 1.50 bits per heavy atom. The molecular weight excluding hydrogens is 352 g/mol. The van der Waals surface area contributed by atoms with Crippen LogP contribution in [-0.2, 0) is 4.79 Å². The second kappa shape index (κ2) is 8.81. The predicted molar refractivity (Wildman–Crippen MR) is 111 cm³/mol. The molecule has 0 aliphatic rings. The lowest BCUT2D eigenvalue weighted by Crippen LogP contribution is -2.27. The van der Waals surface area contributed by atoms with Crippen molar-refractivity contribution in [2.24, 2.45) is 0 Å². The number of hydrogen-bond acceptors (Lipinski definition) is 4. The van der Waals surface area contributed by atoms with Gasteiger partial charge in [-0.3, -0.25) is 9.59 Å². The number of nitrogens with one attached hydrogen (secondary N) is 3. The molecule has 0 saturated heterocycles. The topological polar surface area (TPSA) is 83.1 Å². The highest BCUT2D eigenvalue weighted by Crippen LogP contribution is 2.19. The Morgan fingerprint density at radius 3 is 2.11 bits per heavy atom. The minimum absolute atomic E-state index is 0.101. The highest BCUT2D eigenvalue weighted by Gasteiger charge is 2.12. The molecule has 3 rings (SSSR count). The Balaban J connectivity index is 1.60. The summed E-state index contributed by atoms with van der Waals surface area (Å²) in [7, 11) is 0. The lowest BCUT2D eigenvalue weighted by atomic mass is 10.1. The summed E-state index contributed by atoms with van der Waals surface area (Å²) >= 11 is 0. The Morgan fingerprint density at radius 1 is 0.857 bits per heavy atom. The van der Waals surface area contributed by atoms with Gasteiger partial charge in [-0.1, -0.05) is 30.3 Å². The summed E-state index contributed by atoms with van der Waals surface area (Å²) in [5.74, 6) is -0.331. The largest absolute Gasteiger partial charge is 0.354 e. The van der Waals surface area contributed by atoms with Crippen LogP contribution in [0.2, 0.25) is 0 Å². The zero-order valence-electron chi connectivity index (χ0n) is 15.8. The summed E-state index contributed by atoms with van der Waals surface area (Å²) in [5, 5.41) is 8.88. The summed E-state index contributed by atoms with van der Waals surface area (Å²) in [6.45, 7) is 3.41. The lowest BCUT2D eigenvalue weighted by molar-refractivity contribution is -0.114. The number of aromatic nitrogens is 1. The number of hydrogen-bond donors (Lipinski definition) is 3. The summed E-state index contributed by atoms with van der Waals surface area (Å²) in [6, 6.07) is 20.5. The maximum Gasteiger partial charge on any atom is 0.270 e. The minimum atomic E-state index is -0.220. The second-order valence-corrected chi connectivity index (χ2v) is 6.42. The van der Waals surface area contributed by atoms with Crippen molar-refractivity contribution in [1.82, 2.24) is 10.3 Å². The third-order valence-electron chi connectivity index (χ3n) is 4.14. The fourth-order valence-electron chi connectivity index (χ4n) is 2.70. The first-order valence-electron chi connectivity index (χ1n) is 8.98. The Hall–Kier alpha value is -3.67. The highest BCUT2D eigenvalue weighted by molar-refractivity contribution is 5.92. The van der Waals surface area contributed by atoms with E-state index in [4.69, 9.17) is 0 Å². The molecule has 0 spiro atoms. The van der Waals surface area contributed by atoms with E-state index in [1.54, 1.807) is 18.3 Å². The molecule has 0 bridgehead atoms. The lowest BCUT2D eigenvalue weighted by Gasteiger charge is -2.14. The van der Waals surface area contributed by atoms with Crippen molar-refractivity contribution in [2.75, 3.05) is 10.6 Å². The van der Waals surface area contributed by atoms with Crippen LogP contribution >= 0.6 is 0 Å². The molecule has 1 atom stereocenters. The zero-order valence-corrected chi connectivity index (χ0v) is 15.8. The van der Waals surface area contributed by atoms with Crippen LogP contribution in [0.5, 0.6) is 0 Å². The fraction of sp³-hybridized carbons (Fsp3) is 0.136. The van der Waals surface area contributed by atoms with E-state index in [0.29, 0.717) is 5.69 Å². The Labute approximate surface area is 164 Å². The molecule has 2 amide bonds. The number of carbonyl (C=O) groups is 2. The van der Waals surface area contributed by atoms with Crippen molar-refractivity contribution >= 4 is 28.9 Å². The standard InChI is InChI=1S/C22H22N4O2/c1-15(17-6-4-3-5-7-17)24-22(28)21-13-12-20(14-23-21)26-19-10-8-18(9-11-19)25-16(2)27/h3-15,26H,1-2H3,(H,24,28)(H,25,27). The molecule has 28 heavy (non-hydrogen) atoms. The third kappa shape index (κ3) is 5.17. The molecule has 1 heterocycles. The van der Waals surface area contributed by atoms with Crippen LogP contribution in [0.4, 0.5) is 17.1 Å². The average molecular weight is 374 g/mol. The first-order chi connectivity index (χ1) is 13.5. The van der Waals surface area contributed by atoms with Gasteiger partial charge in [0.2, 0.25) is 5.91 Å². The normalized spacial score (nSPS) is 11.4. The van der Waals surface area contributed by atoms with E-state index in [1.807, 2.05) is 61.5 Å². The van der Waals surface area contributed by atoms with Crippen LogP contribution in [0, 0.1) is 0 Å². The van der Waals surface area contributed by atoms with Crippen molar-refractivity contribution in [3.8, 4) is 0 Å². The van der Waals surface area contributed by atoms with Crippen molar-refractivity contribution < 1.29 is 9.59 Å². The van der Waals surface area contributed by atoms with Gasteiger partial charge in [0, 0.05) is 18.3 Å². The zero-order chi connectivity index (χ0) is 19.9. The van der Waals surface area contributed by atoms with Crippen LogP contribution in [0.15, 0.2) is 72.9 Å². The van der Waals surface area contributed by atoms with Crippen molar-refractivity contribution in [3.05, 3.63) is 84.2 Å². The molecular formula is C22H22N4O2. The molecule has 0 aliphatic carbocycles. The Kier molecular flexibility index (Phi) is 6.01. The van der Waals surface area contributed by atoms with Gasteiger partial charge < -0.3 is 16.0 Å². The molecule has 0 radical (unpaired) electrons. The summed E-state index contributed by atoms with van der Waals surface area (Å²) in [5.41, 5.74) is 3.74. The molecule has 3 aromatic rings. The molecule has 142 valence electrons. The van der Waals surface area contributed by atoms with Gasteiger partial charge >= 0.3 is 0 Å². The fourth-order valence-corrected chi connectivity index (χ4v) is 2.70. The van der Waals surface area contributed by atoms with E-state index >= 15 is 0 Å². The van der Waals surface area contributed by atoms with Crippen LogP contribution in [0.25, 0.3) is 0 Å². The van der Waals surface area contributed by atoms with Gasteiger partial charge in [0.15, 0.2) is 0 Å². The summed E-state index contributed by atoms with van der Waals surface area (Å²) < 4.78 is 0. The number of nitrogens with zero attached hydrogens (tertiary/aromatic N) is 1. The number of pyridine rings is 1. The van der Waals surface area contributed by atoms with Crippen molar-refractivity contribution in [1.29, 1.82) is 0 Å². The maximum absolute atomic E-state index is 12.4. The van der Waals surface area contributed by atoms with E-state index in [0.717, 1.165) is 22.6 Å². The monoisotopic (exact) mass is 374 g/mol. The Bertz CT molecular complexity index is 939. The van der Waals surface area contributed by atoms with Gasteiger partial charge in [-0.05, 0) is 48.9 Å². The molecule has 0 fully saturated rings. The molecule has 3 N–H and O–H groups in total.